The molecule has 0 amide bonds. The average Bonchev–Trinajstić information content (AvgIpc) is 1.89. The van der Waals surface area contributed by atoms with Gasteiger partial charge in [-0.1, -0.05) is 29.5 Å². The first kappa shape index (κ1) is 8.29. The maximum absolute atomic E-state index is 8.22. The van der Waals surface area contributed by atoms with Gasteiger partial charge in [0, 0.05) is 5.54 Å². The van der Waals surface area contributed by atoms with E-state index in [2.05, 4.69) is 11.8 Å². The largest absolute Gasteiger partial charge is 0.392 e. The molecule has 0 heterocycles. The molecule has 48 valence electrons. The van der Waals surface area contributed by atoms with Crippen LogP contribution in [0.1, 0.15) is 0 Å². The van der Waals surface area contributed by atoms with Gasteiger partial charge in [-0.15, -0.1) is 0 Å². The Hall–Kier alpha value is -0.710. The van der Waals surface area contributed by atoms with Crippen LogP contribution < -0.4 is 0 Å². The summed E-state index contributed by atoms with van der Waals surface area (Å²) in [5.74, 6) is 5.23. The molecule has 0 bridgehead atoms. The molecule has 0 fully saturated rings. The van der Waals surface area contributed by atoms with Crippen LogP contribution in [0.25, 0.3) is 0 Å². The van der Waals surface area contributed by atoms with Gasteiger partial charge in [-0.25, -0.2) is 0 Å². The third-order valence-corrected chi connectivity index (χ3v) is 0.662. The highest BCUT2D eigenvalue weighted by atomic mass is 35.5. The molecule has 0 spiro atoms. The highest BCUT2D eigenvalue weighted by Gasteiger charge is 1.59. The van der Waals surface area contributed by atoms with Crippen LogP contribution in [0.4, 0.5) is 0 Å². The molecule has 0 aliphatic carbocycles. The van der Waals surface area contributed by atoms with Gasteiger partial charge in [0.15, 0.2) is 0 Å². The zero-order valence-electron chi connectivity index (χ0n) is 4.84. The second kappa shape index (κ2) is 7.29. The van der Waals surface area contributed by atoms with E-state index in [1.807, 2.05) is 0 Å². The van der Waals surface area contributed by atoms with E-state index in [-0.39, 0.29) is 6.61 Å². The van der Waals surface area contributed by atoms with Gasteiger partial charge in [-0.3, -0.25) is 0 Å². The molecular weight excluding hydrogens is 136 g/mol. The van der Waals surface area contributed by atoms with E-state index in [4.69, 9.17) is 16.7 Å². The summed E-state index contributed by atoms with van der Waals surface area (Å²) < 4.78 is 0. The summed E-state index contributed by atoms with van der Waals surface area (Å²) in [6.07, 6.45) is 4.63. The van der Waals surface area contributed by atoms with Crippen LogP contribution >= 0.6 is 11.6 Å². The SMILES string of the molecule is OC/C=C/C#C/C=C/Cl. The molecule has 1 N–H and O–H groups in total. The summed E-state index contributed by atoms with van der Waals surface area (Å²) in [5, 5.41) is 8.22. The molecule has 9 heavy (non-hydrogen) atoms. The Morgan fingerprint density at radius 3 is 2.56 bits per heavy atom. The Morgan fingerprint density at radius 2 is 2.00 bits per heavy atom. The van der Waals surface area contributed by atoms with Crippen LogP contribution in [0, 0.1) is 11.8 Å². The number of hydrogen-bond acceptors (Lipinski definition) is 1. The van der Waals surface area contributed by atoms with E-state index in [0.29, 0.717) is 0 Å². The van der Waals surface area contributed by atoms with Gasteiger partial charge >= 0.3 is 0 Å². The Labute approximate surface area is 59.6 Å². The lowest BCUT2D eigenvalue weighted by Gasteiger charge is -1.68. The first-order valence-electron chi connectivity index (χ1n) is 2.44. The fraction of sp³-hybridized carbons (Fsp3) is 0.143. The van der Waals surface area contributed by atoms with Crippen molar-refractivity contribution in [3.8, 4) is 11.8 Å². The molecule has 0 saturated heterocycles. The number of aliphatic hydroxyl groups excluding tert-OH is 1. The zero-order chi connectivity index (χ0) is 6.95. The van der Waals surface area contributed by atoms with Gasteiger partial charge < -0.3 is 5.11 Å². The van der Waals surface area contributed by atoms with Gasteiger partial charge in [-0.05, 0) is 12.2 Å². The lowest BCUT2D eigenvalue weighted by Crippen LogP contribution is -1.67. The fourth-order valence-electron chi connectivity index (χ4n) is 0.239. The molecule has 2 heteroatoms. The van der Waals surface area contributed by atoms with Crippen molar-refractivity contribution in [1.82, 2.24) is 0 Å². The van der Waals surface area contributed by atoms with E-state index < -0.39 is 0 Å². The maximum Gasteiger partial charge on any atom is 0.0621 e. The summed E-state index contributed by atoms with van der Waals surface area (Å²) in [6, 6.07) is 0. The van der Waals surface area contributed by atoms with Crippen molar-refractivity contribution >= 4 is 11.6 Å². The van der Waals surface area contributed by atoms with Crippen molar-refractivity contribution in [3.05, 3.63) is 23.8 Å². The van der Waals surface area contributed by atoms with Crippen LogP contribution in [0.15, 0.2) is 23.8 Å². The molecular formula is C7H7ClO. The Kier molecular flexibility index (Phi) is 6.71. The maximum atomic E-state index is 8.22. The van der Waals surface area contributed by atoms with Crippen molar-refractivity contribution in [1.29, 1.82) is 0 Å². The minimum atomic E-state index is 0.0271. The summed E-state index contributed by atoms with van der Waals surface area (Å²) >= 11 is 5.16. The first-order valence-corrected chi connectivity index (χ1v) is 2.87. The van der Waals surface area contributed by atoms with Crippen molar-refractivity contribution in [2.45, 2.75) is 0 Å². The lowest BCUT2D eigenvalue weighted by atomic mass is 10.5. The summed E-state index contributed by atoms with van der Waals surface area (Å²) in [7, 11) is 0. The minimum absolute atomic E-state index is 0.0271. The van der Waals surface area contributed by atoms with E-state index in [0.717, 1.165) is 0 Å². The second-order valence-corrected chi connectivity index (χ2v) is 1.42. The molecule has 0 aromatic carbocycles. The second-order valence-electron chi connectivity index (χ2n) is 1.17. The standard InChI is InChI=1S/C7H7ClO/c8-6-4-2-1-3-5-7-9/h3-6,9H,7H2/b5-3+,6-4+. The molecule has 1 nitrogen and oxygen atoms in total. The quantitative estimate of drug-likeness (QED) is 0.547. The zero-order valence-corrected chi connectivity index (χ0v) is 5.60. The van der Waals surface area contributed by atoms with Crippen LogP contribution in [0.3, 0.4) is 0 Å². The third-order valence-electron chi connectivity index (χ3n) is 0.536. The molecule has 0 aliphatic rings. The normalized spacial score (nSPS) is 10.0. The van der Waals surface area contributed by atoms with Gasteiger partial charge in [0.2, 0.25) is 0 Å². The van der Waals surface area contributed by atoms with Gasteiger partial charge in [0.25, 0.3) is 0 Å². The van der Waals surface area contributed by atoms with Gasteiger partial charge in [0.1, 0.15) is 0 Å². The Balaban J connectivity index is 3.49. The molecule has 0 rings (SSSR count). The lowest BCUT2D eigenvalue weighted by molar-refractivity contribution is 0.343. The van der Waals surface area contributed by atoms with Crippen molar-refractivity contribution < 1.29 is 5.11 Å². The number of halogens is 1. The van der Waals surface area contributed by atoms with Crippen LogP contribution in [-0.2, 0) is 0 Å². The van der Waals surface area contributed by atoms with Crippen LogP contribution in [-0.4, -0.2) is 11.7 Å². The molecule has 0 saturated carbocycles. The monoisotopic (exact) mass is 142 g/mol. The first-order chi connectivity index (χ1) is 4.41. The predicted molar refractivity (Wildman–Crippen MR) is 39.0 cm³/mol. The predicted octanol–water partition coefficient (Wildman–Crippen LogP) is 1.29. The molecule has 0 aromatic rings. The van der Waals surface area contributed by atoms with Crippen LogP contribution in [0.5, 0.6) is 0 Å². The smallest absolute Gasteiger partial charge is 0.0621 e. The van der Waals surface area contributed by atoms with Crippen molar-refractivity contribution in [2.75, 3.05) is 6.61 Å². The van der Waals surface area contributed by atoms with E-state index >= 15 is 0 Å². The highest BCUT2D eigenvalue weighted by Crippen LogP contribution is 1.74. The summed E-state index contributed by atoms with van der Waals surface area (Å²) in [6.45, 7) is 0.0271. The van der Waals surface area contributed by atoms with Gasteiger partial charge in [-0.2, -0.15) is 0 Å². The molecule has 0 unspecified atom stereocenters. The number of allylic oxidation sites excluding steroid dienone is 2. The topological polar surface area (TPSA) is 20.2 Å². The Bertz CT molecular complexity index is 159. The van der Waals surface area contributed by atoms with Crippen LogP contribution in [0.2, 0.25) is 0 Å². The van der Waals surface area contributed by atoms with Crippen molar-refractivity contribution in [2.24, 2.45) is 0 Å². The molecule has 0 aromatic heterocycles. The summed E-state index contributed by atoms with van der Waals surface area (Å²) in [4.78, 5) is 0. The molecule has 0 aliphatic heterocycles. The van der Waals surface area contributed by atoms with E-state index in [1.165, 1.54) is 11.6 Å². The average molecular weight is 143 g/mol. The molecule has 0 atom stereocenters. The van der Waals surface area contributed by atoms with Crippen molar-refractivity contribution in [3.63, 3.8) is 0 Å². The number of aliphatic hydroxyl groups is 1. The van der Waals surface area contributed by atoms with E-state index in [1.54, 1.807) is 12.2 Å². The fourth-order valence-corrected chi connectivity index (χ4v) is 0.302. The molecule has 0 radical (unpaired) electrons. The number of hydrogen-bond donors (Lipinski definition) is 1. The number of rotatable bonds is 1. The third kappa shape index (κ3) is 7.29. The minimum Gasteiger partial charge on any atom is -0.392 e. The van der Waals surface area contributed by atoms with Gasteiger partial charge in [0.05, 0.1) is 6.61 Å². The summed E-state index contributed by atoms with van der Waals surface area (Å²) in [5.41, 5.74) is 1.33. The van der Waals surface area contributed by atoms with E-state index in [9.17, 15) is 0 Å². The Morgan fingerprint density at radius 1 is 1.33 bits per heavy atom. The highest BCUT2D eigenvalue weighted by molar-refractivity contribution is 6.25.